The van der Waals surface area contributed by atoms with Gasteiger partial charge in [0, 0.05) is 25.7 Å². The average Bonchev–Trinajstić information content (AvgIpc) is 2.66. The van der Waals surface area contributed by atoms with E-state index in [1.165, 1.54) is 5.56 Å². The van der Waals surface area contributed by atoms with Crippen LogP contribution in [0.15, 0.2) is 47.5 Å². The van der Waals surface area contributed by atoms with E-state index in [9.17, 15) is 13.9 Å². The molecule has 0 unspecified atom stereocenters. The normalized spacial score (nSPS) is 16.5. The molecule has 3 rings (SSSR count). The minimum Gasteiger partial charge on any atom is -0.393 e. The fraction of sp³-hybridized carbons (Fsp3) is 0.350. The van der Waals surface area contributed by atoms with Crippen LogP contribution >= 0.6 is 0 Å². The Labute approximate surface area is 157 Å². The number of benzene rings is 2. The zero-order chi connectivity index (χ0) is 19.2. The number of hydrogen-bond donors (Lipinski definition) is 3. The van der Waals surface area contributed by atoms with Gasteiger partial charge in [0.25, 0.3) is 0 Å². The maximum atomic E-state index is 13.6. The van der Waals surface area contributed by atoms with Crippen molar-refractivity contribution < 1.29 is 13.9 Å². The summed E-state index contributed by atoms with van der Waals surface area (Å²) in [5, 5.41) is 12.1. The van der Waals surface area contributed by atoms with Gasteiger partial charge in [-0.05, 0) is 36.1 Å². The number of halogens is 2. The van der Waals surface area contributed by atoms with Crippen molar-refractivity contribution in [2.24, 2.45) is 10.7 Å². The fourth-order valence-corrected chi connectivity index (χ4v) is 3.03. The smallest absolute Gasteiger partial charge is 0.193 e. The Hall–Kier alpha value is -2.51. The van der Waals surface area contributed by atoms with E-state index in [0.717, 1.165) is 56.2 Å². The summed E-state index contributed by atoms with van der Waals surface area (Å²) in [7, 11) is 0. The first-order valence-corrected chi connectivity index (χ1v) is 9.00. The molecule has 0 radical (unpaired) electrons. The van der Waals surface area contributed by atoms with Gasteiger partial charge in [0.1, 0.15) is 11.6 Å². The largest absolute Gasteiger partial charge is 0.393 e. The van der Waals surface area contributed by atoms with E-state index in [2.05, 4.69) is 15.2 Å². The van der Waals surface area contributed by atoms with Crippen molar-refractivity contribution in [3.63, 3.8) is 0 Å². The molecular formula is C20H24F2N4O. The third-order valence-electron chi connectivity index (χ3n) is 4.61. The van der Waals surface area contributed by atoms with Crippen molar-refractivity contribution in [3.05, 3.63) is 65.2 Å². The number of guanidine groups is 1. The monoisotopic (exact) mass is 374 g/mol. The van der Waals surface area contributed by atoms with Crippen molar-refractivity contribution in [3.8, 4) is 0 Å². The number of anilines is 1. The summed E-state index contributed by atoms with van der Waals surface area (Å²) in [5.74, 6) is -1.12. The van der Waals surface area contributed by atoms with Gasteiger partial charge in [-0.15, -0.1) is 0 Å². The van der Waals surface area contributed by atoms with Crippen LogP contribution in [0.3, 0.4) is 0 Å². The number of aliphatic imine (C=N–C) groups is 1. The van der Waals surface area contributed by atoms with Crippen LogP contribution in [0.1, 0.15) is 24.0 Å². The number of nitrogens with one attached hydrogen (secondary N) is 1. The van der Waals surface area contributed by atoms with Crippen LogP contribution < -0.4 is 11.1 Å². The standard InChI is InChI=1S/C20H24F2N4O/c21-16-5-6-18(22)19(11-16)25-20(23)24-12-14-1-3-15(4-2-14)13-26-9-7-17(27)8-10-26/h1-6,11,17,27H,7-10,12-13H2,(H3,23,24,25). The van der Waals surface area contributed by atoms with Crippen LogP contribution in [0.5, 0.6) is 0 Å². The Bertz CT molecular complexity index is 787. The first-order valence-electron chi connectivity index (χ1n) is 9.00. The third kappa shape index (κ3) is 5.74. The zero-order valence-electron chi connectivity index (χ0n) is 15.0. The van der Waals surface area contributed by atoms with Crippen molar-refractivity contribution in [2.45, 2.75) is 32.0 Å². The predicted molar refractivity (Wildman–Crippen MR) is 102 cm³/mol. The molecule has 0 saturated carbocycles. The van der Waals surface area contributed by atoms with Crippen LogP contribution in [0, 0.1) is 11.6 Å². The molecule has 0 atom stereocenters. The Balaban J connectivity index is 1.53. The zero-order valence-corrected chi connectivity index (χ0v) is 15.0. The lowest BCUT2D eigenvalue weighted by Crippen LogP contribution is -2.35. The highest BCUT2D eigenvalue weighted by molar-refractivity contribution is 5.92. The Morgan fingerprint density at radius 1 is 1.11 bits per heavy atom. The van der Waals surface area contributed by atoms with E-state index in [4.69, 9.17) is 5.73 Å². The van der Waals surface area contributed by atoms with Crippen LogP contribution in [-0.4, -0.2) is 35.2 Å². The summed E-state index contributed by atoms with van der Waals surface area (Å²) in [6, 6.07) is 11.2. The maximum absolute atomic E-state index is 13.6. The van der Waals surface area contributed by atoms with Gasteiger partial charge >= 0.3 is 0 Å². The van der Waals surface area contributed by atoms with Gasteiger partial charge in [-0.1, -0.05) is 24.3 Å². The molecule has 7 heteroatoms. The molecule has 0 aliphatic carbocycles. The van der Waals surface area contributed by atoms with E-state index < -0.39 is 11.6 Å². The van der Waals surface area contributed by atoms with Gasteiger partial charge in [-0.25, -0.2) is 13.8 Å². The summed E-state index contributed by atoms with van der Waals surface area (Å²) < 4.78 is 26.8. The first kappa shape index (κ1) is 19.3. The molecule has 1 aliphatic heterocycles. The number of hydrogen-bond acceptors (Lipinski definition) is 3. The third-order valence-corrected chi connectivity index (χ3v) is 4.61. The predicted octanol–water partition coefficient (Wildman–Crippen LogP) is 2.85. The molecule has 2 aromatic carbocycles. The SMILES string of the molecule is NC(=NCc1ccc(CN2CCC(O)CC2)cc1)Nc1cc(F)ccc1F. The fourth-order valence-electron chi connectivity index (χ4n) is 3.03. The molecule has 0 amide bonds. The minimum atomic E-state index is -0.593. The molecule has 0 bridgehead atoms. The second-order valence-electron chi connectivity index (χ2n) is 6.77. The number of rotatable bonds is 5. The molecule has 1 aliphatic rings. The van der Waals surface area contributed by atoms with E-state index in [-0.39, 0.29) is 17.8 Å². The van der Waals surface area contributed by atoms with Gasteiger partial charge in [0.15, 0.2) is 5.96 Å². The Kier molecular flexibility index (Phi) is 6.36. The van der Waals surface area contributed by atoms with Gasteiger partial charge in [-0.3, -0.25) is 4.90 Å². The van der Waals surface area contributed by atoms with Crippen molar-refractivity contribution in [2.75, 3.05) is 18.4 Å². The van der Waals surface area contributed by atoms with E-state index in [0.29, 0.717) is 6.54 Å². The molecule has 27 heavy (non-hydrogen) atoms. The van der Waals surface area contributed by atoms with E-state index >= 15 is 0 Å². The topological polar surface area (TPSA) is 73.9 Å². The average molecular weight is 374 g/mol. The molecule has 0 aromatic heterocycles. The van der Waals surface area contributed by atoms with E-state index in [1.807, 2.05) is 24.3 Å². The molecular weight excluding hydrogens is 350 g/mol. The lowest BCUT2D eigenvalue weighted by atomic mass is 10.1. The van der Waals surface area contributed by atoms with Gasteiger partial charge < -0.3 is 16.2 Å². The van der Waals surface area contributed by atoms with Crippen molar-refractivity contribution in [1.29, 1.82) is 0 Å². The summed E-state index contributed by atoms with van der Waals surface area (Å²) in [4.78, 5) is 6.50. The number of likely N-dealkylation sites (tertiary alicyclic amines) is 1. The van der Waals surface area contributed by atoms with Crippen LogP contribution in [0.25, 0.3) is 0 Å². The first-order chi connectivity index (χ1) is 13.0. The Morgan fingerprint density at radius 3 is 2.48 bits per heavy atom. The highest BCUT2D eigenvalue weighted by atomic mass is 19.1. The molecule has 4 N–H and O–H groups in total. The molecule has 1 heterocycles. The van der Waals surface area contributed by atoms with Crippen LogP contribution in [0.4, 0.5) is 14.5 Å². The number of nitrogens with zero attached hydrogens (tertiary/aromatic N) is 2. The van der Waals surface area contributed by atoms with Gasteiger partial charge in [0.05, 0.1) is 18.3 Å². The second-order valence-corrected chi connectivity index (χ2v) is 6.77. The quantitative estimate of drug-likeness (QED) is 0.556. The summed E-state index contributed by atoms with van der Waals surface area (Å²) in [6.45, 7) is 3.02. The number of aliphatic hydroxyl groups excluding tert-OH is 1. The molecule has 2 aromatic rings. The second kappa shape index (κ2) is 8.92. The lowest BCUT2D eigenvalue weighted by molar-refractivity contribution is 0.0792. The molecule has 144 valence electrons. The molecule has 1 saturated heterocycles. The maximum Gasteiger partial charge on any atom is 0.193 e. The highest BCUT2D eigenvalue weighted by Gasteiger charge is 2.16. The van der Waals surface area contributed by atoms with Crippen LogP contribution in [-0.2, 0) is 13.1 Å². The highest BCUT2D eigenvalue weighted by Crippen LogP contribution is 2.16. The number of nitrogens with two attached hydrogens (primary N) is 1. The minimum absolute atomic E-state index is 0.0236. The van der Waals surface area contributed by atoms with E-state index in [1.54, 1.807) is 0 Å². The van der Waals surface area contributed by atoms with Crippen molar-refractivity contribution >= 4 is 11.6 Å². The number of aliphatic hydroxyl groups is 1. The van der Waals surface area contributed by atoms with Gasteiger partial charge in [0.2, 0.25) is 0 Å². The van der Waals surface area contributed by atoms with Gasteiger partial charge in [-0.2, -0.15) is 0 Å². The molecule has 0 spiro atoms. The van der Waals surface area contributed by atoms with Crippen LogP contribution in [0.2, 0.25) is 0 Å². The lowest BCUT2D eigenvalue weighted by Gasteiger charge is -2.29. The Morgan fingerprint density at radius 2 is 1.78 bits per heavy atom. The summed E-state index contributed by atoms with van der Waals surface area (Å²) in [6.07, 6.45) is 1.48. The summed E-state index contributed by atoms with van der Waals surface area (Å²) >= 11 is 0. The van der Waals surface area contributed by atoms with Crippen molar-refractivity contribution in [1.82, 2.24) is 4.90 Å². The molecule has 5 nitrogen and oxygen atoms in total. The number of piperidine rings is 1. The molecule has 1 fully saturated rings. The summed E-state index contributed by atoms with van der Waals surface area (Å²) in [5.41, 5.74) is 7.89.